The Kier molecular flexibility index (Phi) is 3.08. The number of aliphatic hydroxyl groups excluding tert-OH is 1. The van der Waals surface area contributed by atoms with Crippen LogP contribution in [0.3, 0.4) is 0 Å². The van der Waals surface area contributed by atoms with Gasteiger partial charge in [0.1, 0.15) is 0 Å². The second-order valence-electron chi connectivity index (χ2n) is 2.10. The van der Waals surface area contributed by atoms with Crippen LogP contribution in [0.1, 0.15) is 4.88 Å². The summed E-state index contributed by atoms with van der Waals surface area (Å²) in [5, 5.41) is 11.1. The highest BCUT2D eigenvalue weighted by Gasteiger charge is 1.89. The van der Waals surface area contributed by atoms with Crippen molar-refractivity contribution in [2.24, 2.45) is 0 Å². The Bertz CT molecular complexity index is 236. The van der Waals surface area contributed by atoms with Crippen molar-refractivity contribution in [2.75, 3.05) is 0 Å². The molecule has 1 aromatic heterocycles. The van der Waals surface area contributed by atoms with E-state index in [1.54, 1.807) is 17.4 Å². The molecule has 0 bridgehead atoms. The smallest absolute Gasteiger partial charge is 0.0903 e. The Labute approximate surface area is 70.3 Å². The van der Waals surface area contributed by atoms with Crippen LogP contribution in [0.4, 0.5) is 0 Å². The van der Waals surface area contributed by atoms with Crippen LogP contribution in [0.5, 0.6) is 0 Å². The van der Waals surface area contributed by atoms with Crippen molar-refractivity contribution in [3.8, 4) is 0 Å². The number of aliphatic hydroxyl groups is 1. The molecule has 0 fully saturated rings. The van der Waals surface area contributed by atoms with Gasteiger partial charge in [-0.25, -0.2) is 0 Å². The normalized spacial score (nSPS) is 13.5. The zero-order valence-corrected chi connectivity index (χ0v) is 6.92. The van der Waals surface area contributed by atoms with E-state index in [0.29, 0.717) is 0 Å². The van der Waals surface area contributed by atoms with Crippen molar-refractivity contribution in [2.45, 2.75) is 6.10 Å². The van der Waals surface area contributed by atoms with Gasteiger partial charge in [0.15, 0.2) is 0 Å². The molecule has 0 amide bonds. The van der Waals surface area contributed by atoms with Gasteiger partial charge in [0, 0.05) is 4.88 Å². The van der Waals surface area contributed by atoms with E-state index < -0.39 is 6.10 Å². The number of hydrogen-bond donors (Lipinski definition) is 1. The highest BCUT2D eigenvalue weighted by atomic mass is 32.1. The molecular weight excluding hydrogens is 156 g/mol. The molecule has 0 spiro atoms. The standard InChI is InChI=1S/C9H10OS/c1-2-8(10)5-6-9-4-3-7-11-9/h2-8,10H,1H2/b6-5+. The van der Waals surface area contributed by atoms with Crippen molar-refractivity contribution in [1.82, 2.24) is 0 Å². The van der Waals surface area contributed by atoms with Gasteiger partial charge < -0.3 is 5.11 Å². The van der Waals surface area contributed by atoms with Crippen LogP contribution < -0.4 is 0 Å². The minimum absolute atomic E-state index is 0.530. The van der Waals surface area contributed by atoms with E-state index in [0.717, 1.165) is 4.88 Å². The number of rotatable bonds is 3. The molecule has 58 valence electrons. The van der Waals surface area contributed by atoms with Crippen LogP contribution in [0.25, 0.3) is 6.08 Å². The summed E-state index contributed by atoms with van der Waals surface area (Å²) in [6.45, 7) is 3.46. The fourth-order valence-corrected chi connectivity index (χ4v) is 1.29. The molecule has 0 aromatic carbocycles. The first-order valence-corrected chi connectivity index (χ1v) is 4.23. The Morgan fingerprint density at radius 2 is 2.45 bits per heavy atom. The predicted molar refractivity (Wildman–Crippen MR) is 49.6 cm³/mol. The maximum absolute atomic E-state index is 9.06. The summed E-state index contributed by atoms with van der Waals surface area (Å²) < 4.78 is 0. The number of hydrogen-bond acceptors (Lipinski definition) is 2. The van der Waals surface area contributed by atoms with E-state index in [4.69, 9.17) is 5.11 Å². The van der Waals surface area contributed by atoms with Gasteiger partial charge in [-0.15, -0.1) is 17.9 Å². The monoisotopic (exact) mass is 166 g/mol. The average molecular weight is 166 g/mol. The molecule has 0 aliphatic carbocycles. The Balaban J connectivity index is 2.55. The first-order valence-electron chi connectivity index (χ1n) is 3.35. The van der Waals surface area contributed by atoms with E-state index in [9.17, 15) is 0 Å². The molecule has 1 heterocycles. The first-order chi connectivity index (χ1) is 5.33. The van der Waals surface area contributed by atoms with Gasteiger partial charge in [0.2, 0.25) is 0 Å². The molecule has 0 saturated carbocycles. The molecule has 1 N–H and O–H groups in total. The molecule has 2 heteroatoms. The fourth-order valence-electron chi connectivity index (χ4n) is 0.658. The zero-order valence-electron chi connectivity index (χ0n) is 6.10. The molecular formula is C9H10OS. The van der Waals surface area contributed by atoms with Crippen molar-refractivity contribution in [3.05, 3.63) is 41.1 Å². The third kappa shape index (κ3) is 2.70. The summed E-state index contributed by atoms with van der Waals surface area (Å²) in [5.41, 5.74) is 0. The van der Waals surface area contributed by atoms with Crippen molar-refractivity contribution >= 4 is 17.4 Å². The topological polar surface area (TPSA) is 20.2 Å². The van der Waals surface area contributed by atoms with Gasteiger partial charge in [0.05, 0.1) is 6.10 Å². The van der Waals surface area contributed by atoms with Crippen LogP contribution in [0.15, 0.2) is 36.2 Å². The van der Waals surface area contributed by atoms with Gasteiger partial charge >= 0.3 is 0 Å². The molecule has 1 atom stereocenters. The predicted octanol–water partition coefficient (Wildman–Crippen LogP) is 2.31. The van der Waals surface area contributed by atoms with Gasteiger partial charge in [-0.2, -0.15) is 0 Å². The molecule has 0 saturated heterocycles. The second-order valence-corrected chi connectivity index (χ2v) is 3.08. The minimum Gasteiger partial charge on any atom is -0.385 e. The maximum atomic E-state index is 9.06. The third-order valence-electron chi connectivity index (χ3n) is 1.24. The molecule has 1 unspecified atom stereocenters. The highest BCUT2D eigenvalue weighted by Crippen LogP contribution is 2.10. The summed E-state index contributed by atoms with van der Waals surface area (Å²) in [7, 11) is 0. The summed E-state index contributed by atoms with van der Waals surface area (Å²) in [5.74, 6) is 0. The Morgan fingerprint density at radius 1 is 1.64 bits per heavy atom. The van der Waals surface area contributed by atoms with Crippen LogP contribution in [-0.4, -0.2) is 11.2 Å². The Morgan fingerprint density at radius 3 is 3.00 bits per heavy atom. The van der Waals surface area contributed by atoms with Gasteiger partial charge in [-0.1, -0.05) is 18.2 Å². The van der Waals surface area contributed by atoms with E-state index in [1.165, 1.54) is 6.08 Å². The maximum Gasteiger partial charge on any atom is 0.0903 e. The minimum atomic E-state index is -0.530. The van der Waals surface area contributed by atoms with E-state index in [2.05, 4.69) is 6.58 Å². The summed E-state index contributed by atoms with van der Waals surface area (Å²) in [6, 6.07) is 3.97. The quantitative estimate of drug-likeness (QED) is 0.683. The van der Waals surface area contributed by atoms with Crippen LogP contribution in [0, 0.1) is 0 Å². The van der Waals surface area contributed by atoms with Crippen LogP contribution in [-0.2, 0) is 0 Å². The lowest BCUT2D eigenvalue weighted by Crippen LogP contribution is -1.93. The molecule has 0 aliphatic rings. The number of thiophene rings is 1. The van der Waals surface area contributed by atoms with Crippen molar-refractivity contribution < 1.29 is 5.11 Å². The zero-order chi connectivity index (χ0) is 8.10. The molecule has 1 nitrogen and oxygen atoms in total. The lowest BCUT2D eigenvalue weighted by molar-refractivity contribution is 0.273. The second kappa shape index (κ2) is 4.11. The average Bonchev–Trinajstić information content (AvgIpc) is 2.52. The van der Waals surface area contributed by atoms with E-state index in [-0.39, 0.29) is 0 Å². The fraction of sp³-hybridized carbons (Fsp3) is 0.111. The lowest BCUT2D eigenvalue weighted by Gasteiger charge is -1.92. The third-order valence-corrected chi connectivity index (χ3v) is 2.08. The molecule has 1 rings (SSSR count). The molecule has 11 heavy (non-hydrogen) atoms. The van der Waals surface area contributed by atoms with Crippen LogP contribution in [0.2, 0.25) is 0 Å². The van der Waals surface area contributed by atoms with E-state index >= 15 is 0 Å². The lowest BCUT2D eigenvalue weighted by atomic mass is 10.3. The SMILES string of the molecule is C=CC(O)/C=C/c1cccs1. The summed E-state index contributed by atoms with van der Waals surface area (Å²) in [4.78, 5) is 1.14. The van der Waals surface area contributed by atoms with Gasteiger partial charge in [-0.3, -0.25) is 0 Å². The highest BCUT2D eigenvalue weighted by molar-refractivity contribution is 7.10. The molecule has 1 aromatic rings. The summed E-state index contributed by atoms with van der Waals surface area (Å²) in [6.07, 6.45) is 4.55. The van der Waals surface area contributed by atoms with Gasteiger partial charge in [-0.05, 0) is 17.5 Å². The molecule has 0 radical (unpaired) electrons. The molecule has 0 aliphatic heterocycles. The largest absolute Gasteiger partial charge is 0.385 e. The Hall–Kier alpha value is -0.860. The van der Waals surface area contributed by atoms with Gasteiger partial charge in [0.25, 0.3) is 0 Å². The van der Waals surface area contributed by atoms with Crippen LogP contribution >= 0.6 is 11.3 Å². The van der Waals surface area contributed by atoms with Crippen molar-refractivity contribution in [3.63, 3.8) is 0 Å². The van der Waals surface area contributed by atoms with Crippen molar-refractivity contribution in [1.29, 1.82) is 0 Å². The first kappa shape index (κ1) is 8.24. The van der Waals surface area contributed by atoms with E-state index in [1.807, 2.05) is 23.6 Å². The summed E-state index contributed by atoms with van der Waals surface area (Å²) >= 11 is 1.64.